The minimum atomic E-state index is -0.885. The molecule has 31 heavy (non-hydrogen) atoms. The first-order valence-electron chi connectivity index (χ1n) is 10.3. The number of ether oxygens (including phenoxy) is 3. The van der Waals surface area contributed by atoms with Crippen molar-refractivity contribution in [3.05, 3.63) is 108 Å². The summed E-state index contributed by atoms with van der Waals surface area (Å²) in [6.07, 6.45) is 4.71. The fourth-order valence-electron chi connectivity index (χ4n) is 3.09. The molecule has 3 aromatic rings. The zero-order valence-electron chi connectivity index (χ0n) is 17.8. The third kappa shape index (κ3) is 7.21. The van der Waals surface area contributed by atoms with E-state index >= 15 is 0 Å². The van der Waals surface area contributed by atoms with E-state index in [0.717, 1.165) is 28.7 Å². The lowest BCUT2D eigenvalue weighted by Crippen LogP contribution is -2.32. The Labute approximate surface area is 184 Å². The van der Waals surface area contributed by atoms with E-state index in [1.54, 1.807) is 7.11 Å². The summed E-state index contributed by atoms with van der Waals surface area (Å²) in [7, 11) is 1.64. The van der Waals surface area contributed by atoms with Gasteiger partial charge in [0, 0.05) is 0 Å². The van der Waals surface area contributed by atoms with Crippen LogP contribution in [0, 0.1) is 5.41 Å². The third-order valence-electron chi connectivity index (χ3n) is 4.92. The van der Waals surface area contributed by atoms with Gasteiger partial charge < -0.3 is 19.0 Å². The van der Waals surface area contributed by atoms with Crippen molar-refractivity contribution in [1.82, 2.24) is 0 Å². The molecule has 0 radical (unpaired) electrons. The van der Waals surface area contributed by atoms with Crippen LogP contribution in [-0.4, -0.2) is 26.6 Å². The van der Waals surface area contributed by atoms with Crippen molar-refractivity contribution in [2.24, 2.45) is 5.41 Å². The zero-order chi connectivity index (χ0) is 21.8. The maximum Gasteiger partial charge on any atom is 0.134 e. The van der Waals surface area contributed by atoms with Gasteiger partial charge in [-0.3, -0.25) is 0 Å². The van der Waals surface area contributed by atoms with Gasteiger partial charge in [0.15, 0.2) is 0 Å². The smallest absolute Gasteiger partial charge is 0.134 e. The zero-order valence-corrected chi connectivity index (χ0v) is 17.8. The predicted molar refractivity (Wildman–Crippen MR) is 123 cm³/mol. The molecular formula is C27H28O4. The van der Waals surface area contributed by atoms with Gasteiger partial charge >= 0.3 is 0 Å². The van der Waals surface area contributed by atoms with Crippen molar-refractivity contribution in [1.29, 1.82) is 0 Å². The lowest BCUT2D eigenvalue weighted by atomic mass is 9.90. The molecular weight excluding hydrogens is 388 g/mol. The number of carbonyl (C=O) groups excluding carboxylic acids is 1. The second-order valence-corrected chi connectivity index (χ2v) is 7.41. The van der Waals surface area contributed by atoms with Crippen LogP contribution in [-0.2, 0) is 27.5 Å². The number of hydrogen-bond donors (Lipinski definition) is 0. The van der Waals surface area contributed by atoms with Crippen LogP contribution in [0.3, 0.4) is 0 Å². The fourth-order valence-corrected chi connectivity index (χ4v) is 3.09. The molecule has 4 nitrogen and oxygen atoms in total. The number of aldehydes is 1. The highest BCUT2D eigenvalue weighted by atomic mass is 16.5. The Morgan fingerprint density at radius 3 is 1.71 bits per heavy atom. The van der Waals surface area contributed by atoms with Crippen LogP contribution in [0.4, 0.5) is 0 Å². The summed E-state index contributed by atoms with van der Waals surface area (Å²) in [5.41, 5.74) is 2.21. The van der Waals surface area contributed by atoms with Crippen LogP contribution in [0.25, 0.3) is 6.08 Å². The molecule has 0 saturated carbocycles. The van der Waals surface area contributed by atoms with Crippen molar-refractivity contribution in [2.75, 3.05) is 20.3 Å². The molecule has 0 bridgehead atoms. The molecule has 0 saturated heterocycles. The molecule has 0 fully saturated rings. The SMILES string of the molecule is COc1ccc(/C=C/C(C=O)(COCc2ccccc2)COCc2ccccc2)cc1. The molecule has 0 aliphatic rings. The summed E-state index contributed by atoms with van der Waals surface area (Å²) in [6.45, 7) is 1.33. The van der Waals surface area contributed by atoms with E-state index in [-0.39, 0.29) is 13.2 Å². The van der Waals surface area contributed by atoms with Gasteiger partial charge in [-0.15, -0.1) is 0 Å². The predicted octanol–water partition coefficient (Wildman–Crippen LogP) is 5.33. The number of methoxy groups -OCH3 is 1. The Kier molecular flexibility index (Phi) is 8.59. The molecule has 0 N–H and O–H groups in total. The minimum absolute atomic E-state index is 0.229. The van der Waals surface area contributed by atoms with E-state index in [1.807, 2.05) is 97.1 Å². The van der Waals surface area contributed by atoms with Gasteiger partial charge in [-0.05, 0) is 28.8 Å². The average Bonchev–Trinajstić information content (AvgIpc) is 2.84. The van der Waals surface area contributed by atoms with Gasteiger partial charge in [0.1, 0.15) is 12.0 Å². The van der Waals surface area contributed by atoms with Crippen LogP contribution in [0.15, 0.2) is 91.0 Å². The Balaban J connectivity index is 1.69. The molecule has 3 aromatic carbocycles. The van der Waals surface area contributed by atoms with E-state index in [0.29, 0.717) is 13.2 Å². The van der Waals surface area contributed by atoms with E-state index in [2.05, 4.69) is 0 Å². The van der Waals surface area contributed by atoms with Crippen molar-refractivity contribution in [2.45, 2.75) is 13.2 Å². The Morgan fingerprint density at radius 1 is 0.742 bits per heavy atom. The van der Waals surface area contributed by atoms with Gasteiger partial charge in [0.25, 0.3) is 0 Å². The number of rotatable bonds is 12. The molecule has 160 valence electrons. The normalized spacial score (nSPS) is 11.5. The maximum atomic E-state index is 12.2. The van der Waals surface area contributed by atoms with Crippen molar-refractivity contribution in [3.8, 4) is 5.75 Å². The van der Waals surface area contributed by atoms with Crippen molar-refractivity contribution in [3.63, 3.8) is 0 Å². The van der Waals surface area contributed by atoms with E-state index in [4.69, 9.17) is 14.2 Å². The highest BCUT2D eigenvalue weighted by Crippen LogP contribution is 2.22. The second kappa shape index (κ2) is 11.8. The third-order valence-corrected chi connectivity index (χ3v) is 4.92. The number of carbonyl (C=O) groups is 1. The van der Waals surface area contributed by atoms with Crippen LogP contribution >= 0.6 is 0 Å². The van der Waals surface area contributed by atoms with Gasteiger partial charge in [-0.25, -0.2) is 0 Å². The molecule has 0 aromatic heterocycles. The van der Waals surface area contributed by atoms with Crippen LogP contribution < -0.4 is 4.74 Å². The van der Waals surface area contributed by atoms with Gasteiger partial charge in [-0.2, -0.15) is 0 Å². The molecule has 0 aliphatic heterocycles. The summed E-state index contributed by atoms with van der Waals surface area (Å²) in [6, 6.07) is 27.5. The minimum Gasteiger partial charge on any atom is -0.497 e. The first-order valence-corrected chi connectivity index (χ1v) is 10.3. The number of benzene rings is 3. The van der Waals surface area contributed by atoms with Crippen molar-refractivity contribution >= 4 is 12.4 Å². The Hall–Kier alpha value is -3.21. The second-order valence-electron chi connectivity index (χ2n) is 7.41. The van der Waals surface area contributed by atoms with Gasteiger partial charge in [0.05, 0.1) is 39.0 Å². The van der Waals surface area contributed by atoms with Crippen LogP contribution in [0.5, 0.6) is 5.75 Å². The molecule has 0 atom stereocenters. The monoisotopic (exact) mass is 416 g/mol. The quantitative estimate of drug-likeness (QED) is 0.375. The van der Waals surface area contributed by atoms with Crippen LogP contribution in [0.2, 0.25) is 0 Å². The largest absolute Gasteiger partial charge is 0.497 e. The molecule has 0 heterocycles. The standard InChI is InChI=1S/C27H28O4/c1-29-26-14-12-23(13-15-26)16-17-27(20-28,21-30-18-24-8-4-2-5-9-24)22-31-19-25-10-6-3-7-11-25/h2-17,20H,18-19,21-22H2,1H3/b17-16+. The topological polar surface area (TPSA) is 44.8 Å². The van der Waals surface area contributed by atoms with E-state index in [1.165, 1.54) is 0 Å². The molecule has 4 heteroatoms. The van der Waals surface area contributed by atoms with E-state index in [9.17, 15) is 4.79 Å². The lowest BCUT2D eigenvalue weighted by molar-refractivity contribution is -0.121. The molecule has 0 unspecified atom stereocenters. The first kappa shape index (κ1) is 22.5. The van der Waals surface area contributed by atoms with E-state index < -0.39 is 5.41 Å². The summed E-state index contributed by atoms with van der Waals surface area (Å²) in [5, 5.41) is 0. The Morgan fingerprint density at radius 2 is 1.26 bits per heavy atom. The fraction of sp³-hybridized carbons (Fsp3) is 0.222. The van der Waals surface area contributed by atoms with Crippen LogP contribution in [0.1, 0.15) is 16.7 Å². The summed E-state index contributed by atoms with van der Waals surface area (Å²) < 4.78 is 17.0. The highest BCUT2D eigenvalue weighted by molar-refractivity contribution is 5.67. The lowest BCUT2D eigenvalue weighted by Gasteiger charge is -2.24. The van der Waals surface area contributed by atoms with Crippen molar-refractivity contribution < 1.29 is 19.0 Å². The molecule has 0 amide bonds. The Bertz CT molecular complexity index is 888. The average molecular weight is 417 g/mol. The summed E-state index contributed by atoms with van der Waals surface area (Å²) in [4.78, 5) is 12.2. The molecule has 0 spiro atoms. The van der Waals surface area contributed by atoms with Gasteiger partial charge in [0.2, 0.25) is 0 Å². The summed E-state index contributed by atoms with van der Waals surface area (Å²) in [5.74, 6) is 0.788. The van der Waals surface area contributed by atoms with Gasteiger partial charge in [-0.1, -0.05) is 84.9 Å². The highest BCUT2D eigenvalue weighted by Gasteiger charge is 2.28. The summed E-state index contributed by atoms with van der Waals surface area (Å²) >= 11 is 0. The molecule has 3 rings (SSSR count). The number of hydrogen-bond acceptors (Lipinski definition) is 4. The molecule has 0 aliphatic carbocycles. The first-order chi connectivity index (χ1) is 15.2. The maximum absolute atomic E-state index is 12.2.